The van der Waals surface area contributed by atoms with Crippen LogP contribution >= 0.6 is 15.9 Å². The van der Waals surface area contributed by atoms with Crippen LogP contribution < -0.4 is 0 Å². The Labute approximate surface area is 131 Å². The second-order valence-electron chi connectivity index (χ2n) is 6.73. The lowest BCUT2D eigenvalue weighted by Gasteiger charge is -2.45. The largest absolute Gasteiger partial charge is 0.341 e. The van der Waals surface area contributed by atoms with Gasteiger partial charge in [-0.2, -0.15) is 0 Å². The molecule has 2 rings (SSSR count). The fraction of sp³-hybridized carbons (Fsp3) is 0.933. The quantitative estimate of drug-likeness (QED) is 0.709. The summed E-state index contributed by atoms with van der Waals surface area (Å²) in [7, 11) is 0. The van der Waals surface area contributed by atoms with Gasteiger partial charge in [0.1, 0.15) is 0 Å². The first-order chi connectivity index (χ1) is 9.46. The number of nitrogens with zero attached hydrogens (tertiary/aromatic N) is 3. The van der Waals surface area contributed by atoms with Gasteiger partial charge in [-0.25, -0.2) is 0 Å². The molecule has 0 aromatic carbocycles. The number of halogens is 1. The van der Waals surface area contributed by atoms with Crippen molar-refractivity contribution >= 4 is 21.8 Å². The Morgan fingerprint density at radius 3 is 2.40 bits per heavy atom. The van der Waals surface area contributed by atoms with Crippen molar-refractivity contribution in [2.24, 2.45) is 5.92 Å². The van der Waals surface area contributed by atoms with Gasteiger partial charge in [-0.3, -0.25) is 9.69 Å². The minimum Gasteiger partial charge on any atom is -0.341 e. The molecule has 0 N–H and O–H groups in total. The zero-order chi connectivity index (χ0) is 14.8. The van der Waals surface area contributed by atoms with Crippen LogP contribution in [0.3, 0.4) is 0 Å². The number of piperazine rings is 1. The van der Waals surface area contributed by atoms with E-state index >= 15 is 0 Å². The van der Waals surface area contributed by atoms with Gasteiger partial charge < -0.3 is 9.80 Å². The number of amides is 1. The lowest BCUT2D eigenvalue weighted by Crippen LogP contribution is -2.58. The average molecular weight is 346 g/mol. The van der Waals surface area contributed by atoms with Crippen molar-refractivity contribution in [3.63, 3.8) is 0 Å². The van der Waals surface area contributed by atoms with Crippen LogP contribution in [0.25, 0.3) is 0 Å². The molecule has 0 radical (unpaired) electrons. The maximum Gasteiger partial charge on any atom is 0.223 e. The van der Waals surface area contributed by atoms with Crippen molar-refractivity contribution in [1.29, 1.82) is 0 Å². The molecule has 0 aromatic rings. The predicted molar refractivity (Wildman–Crippen MR) is 86.2 cm³/mol. The molecule has 1 amide bonds. The fourth-order valence-corrected chi connectivity index (χ4v) is 3.78. The molecule has 0 saturated carbocycles. The molecule has 4 nitrogen and oxygen atoms in total. The van der Waals surface area contributed by atoms with Crippen LogP contribution in [0.1, 0.15) is 27.2 Å². The summed E-state index contributed by atoms with van der Waals surface area (Å²) in [5, 5.41) is 0.935. The van der Waals surface area contributed by atoms with Crippen LogP contribution in [0.5, 0.6) is 0 Å². The van der Waals surface area contributed by atoms with Crippen LogP contribution in [0, 0.1) is 5.92 Å². The lowest BCUT2D eigenvalue weighted by molar-refractivity contribution is -0.129. The Morgan fingerprint density at radius 2 is 1.90 bits per heavy atom. The van der Waals surface area contributed by atoms with Gasteiger partial charge in [-0.1, -0.05) is 22.9 Å². The van der Waals surface area contributed by atoms with Gasteiger partial charge in [-0.05, 0) is 26.3 Å². The molecule has 2 aliphatic heterocycles. The Morgan fingerprint density at radius 1 is 1.25 bits per heavy atom. The summed E-state index contributed by atoms with van der Waals surface area (Å²) < 4.78 is 0. The second-order valence-corrected chi connectivity index (χ2v) is 7.38. The zero-order valence-electron chi connectivity index (χ0n) is 13.1. The van der Waals surface area contributed by atoms with E-state index in [1.54, 1.807) is 0 Å². The molecule has 1 atom stereocenters. The highest BCUT2D eigenvalue weighted by Crippen LogP contribution is 2.25. The maximum absolute atomic E-state index is 12.1. The third kappa shape index (κ3) is 3.74. The SMILES string of the molecule is CCN1CCN(C(C)(C)CN2CC(CBr)CC2=O)CC1. The molecule has 0 spiro atoms. The van der Waals surface area contributed by atoms with Gasteiger partial charge >= 0.3 is 0 Å². The summed E-state index contributed by atoms with van der Waals surface area (Å²) in [6, 6.07) is 0. The molecule has 2 saturated heterocycles. The highest BCUT2D eigenvalue weighted by Gasteiger charge is 2.36. The van der Waals surface area contributed by atoms with Crippen molar-refractivity contribution in [3.8, 4) is 0 Å². The fourth-order valence-electron chi connectivity index (χ4n) is 3.35. The molecule has 2 heterocycles. The van der Waals surface area contributed by atoms with Gasteiger partial charge in [0.2, 0.25) is 5.91 Å². The van der Waals surface area contributed by atoms with Crippen LogP contribution in [0.4, 0.5) is 0 Å². The Balaban J connectivity index is 1.89. The van der Waals surface area contributed by atoms with Crippen LogP contribution in [0.2, 0.25) is 0 Å². The predicted octanol–water partition coefficient (Wildman–Crippen LogP) is 1.65. The Bertz CT molecular complexity index is 340. The van der Waals surface area contributed by atoms with Crippen molar-refractivity contribution in [2.45, 2.75) is 32.7 Å². The Kier molecular flexibility index (Phi) is 5.49. The first-order valence-corrected chi connectivity index (χ1v) is 8.89. The molecule has 5 heteroatoms. The maximum atomic E-state index is 12.1. The van der Waals surface area contributed by atoms with Crippen LogP contribution in [0.15, 0.2) is 0 Å². The standard InChI is InChI=1S/C15H28BrN3O/c1-4-17-5-7-19(8-6-17)15(2,3)12-18-11-13(10-16)9-14(18)20/h13H,4-12H2,1-3H3. The third-order valence-corrected chi connectivity index (χ3v) is 5.68. The van der Waals surface area contributed by atoms with Crippen molar-refractivity contribution in [1.82, 2.24) is 14.7 Å². The summed E-state index contributed by atoms with van der Waals surface area (Å²) in [6.45, 7) is 14.2. The summed E-state index contributed by atoms with van der Waals surface area (Å²) in [5.41, 5.74) is 0.0801. The molecule has 0 bridgehead atoms. The van der Waals surface area contributed by atoms with E-state index < -0.39 is 0 Å². The minimum absolute atomic E-state index is 0.0801. The first-order valence-electron chi connectivity index (χ1n) is 7.77. The van der Waals surface area contributed by atoms with Gasteiger partial charge in [-0.15, -0.1) is 0 Å². The molecule has 2 aliphatic rings. The van der Waals surface area contributed by atoms with Crippen LogP contribution in [-0.2, 0) is 4.79 Å². The van der Waals surface area contributed by atoms with Crippen LogP contribution in [-0.4, -0.2) is 77.3 Å². The highest BCUT2D eigenvalue weighted by molar-refractivity contribution is 9.09. The van der Waals surface area contributed by atoms with E-state index in [2.05, 4.69) is 51.4 Å². The van der Waals surface area contributed by atoms with E-state index in [1.165, 1.54) is 0 Å². The van der Waals surface area contributed by atoms with Gasteiger partial charge in [0.25, 0.3) is 0 Å². The molecule has 2 fully saturated rings. The van der Waals surface area contributed by atoms with E-state index in [9.17, 15) is 4.79 Å². The zero-order valence-corrected chi connectivity index (χ0v) is 14.7. The van der Waals surface area contributed by atoms with Crippen molar-refractivity contribution in [3.05, 3.63) is 0 Å². The van der Waals surface area contributed by atoms with Gasteiger partial charge in [0, 0.05) is 56.6 Å². The molecule has 0 aliphatic carbocycles. The monoisotopic (exact) mass is 345 g/mol. The topological polar surface area (TPSA) is 26.8 Å². The van der Waals surface area contributed by atoms with Gasteiger partial charge in [0.15, 0.2) is 0 Å². The molecule has 0 aromatic heterocycles. The number of hydrogen-bond acceptors (Lipinski definition) is 3. The van der Waals surface area contributed by atoms with Crippen molar-refractivity contribution < 1.29 is 4.79 Å². The molecular weight excluding hydrogens is 318 g/mol. The normalized spacial score (nSPS) is 26.5. The summed E-state index contributed by atoms with van der Waals surface area (Å²) in [6.07, 6.45) is 0.713. The third-order valence-electron chi connectivity index (χ3n) is 4.77. The summed E-state index contributed by atoms with van der Waals surface area (Å²) >= 11 is 3.51. The number of likely N-dealkylation sites (tertiary alicyclic amines) is 1. The summed E-state index contributed by atoms with van der Waals surface area (Å²) in [5.74, 6) is 0.824. The van der Waals surface area contributed by atoms with E-state index in [0.29, 0.717) is 18.2 Å². The van der Waals surface area contributed by atoms with Gasteiger partial charge in [0.05, 0.1) is 0 Å². The number of rotatable bonds is 5. The average Bonchev–Trinajstić information content (AvgIpc) is 2.79. The number of hydrogen-bond donors (Lipinski definition) is 0. The highest BCUT2D eigenvalue weighted by atomic mass is 79.9. The number of carbonyl (C=O) groups excluding carboxylic acids is 1. The van der Waals surface area contributed by atoms with E-state index in [1.807, 2.05) is 0 Å². The van der Waals surface area contributed by atoms with E-state index in [4.69, 9.17) is 0 Å². The molecule has 20 heavy (non-hydrogen) atoms. The number of carbonyl (C=O) groups is 1. The molecule has 1 unspecified atom stereocenters. The Hall–Kier alpha value is -0.130. The second kappa shape index (κ2) is 6.75. The first kappa shape index (κ1) is 16.2. The summed E-state index contributed by atoms with van der Waals surface area (Å²) in [4.78, 5) is 19.2. The smallest absolute Gasteiger partial charge is 0.223 e. The number of likely N-dealkylation sites (N-methyl/N-ethyl adjacent to an activating group) is 1. The lowest BCUT2D eigenvalue weighted by atomic mass is 10.0. The molecule has 116 valence electrons. The van der Waals surface area contributed by atoms with E-state index in [0.717, 1.165) is 51.1 Å². The minimum atomic E-state index is 0.0801. The van der Waals surface area contributed by atoms with E-state index in [-0.39, 0.29) is 5.54 Å². The number of alkyl halides is 1. The van der Waals surface area contributed by atoms with Crippen molar-refractivity contribution in [2.75, 3.05) is 51.1 Å². The molecular formula is C15H28BrN3O.